The van der Waals surface area contributed by atoms with E-state index in [0.717, 1.165) is 16.9 Å². The van der Waals surface area contributed by atoms with Gasteiger partial charge >= 0.3 is 0 Å². The first-order chi connectivity index (χ1) is 7.63. The third-order valence-corrected chi connectivity index (χ3v) is 2.51. The van der Waals surface area contributed by atoms with Gasteiger partial charge in [-0.2, -0.15) is 5.26 Å². The summed E-state index contributed by atoms with van der Waals surface area (Å²) in [5.74, 6) is 0.394. The van der Waals surface area contributed by atoms with Crippen molar-refractivity contribution in [2.75, 3.05) is 7.11 Å². The second kappa shape index (κ2) is 5.32. The van der Waals surface area contributed by atoms with Crippen molar-refractivity contribution >= 4 is 6.29 Å². The van der Waals surface area contributed by atoms with Crippen LogP contribution in [-0.4, -0.2) is 13.4 Å². The fourth-order valence-corrected chi connectivity index (χ4v) is 1.58. The van der Waals surface area contributed by atoms with E-state index in [1.54, 1.807) is 19.2 Å². The summed E-state index contributed by atoms with van der Waals surface area (Å²) < 4.78 is 5.24. The molecule has 3 heteroatoms. The summed E-state index contributed by atoms with van der Waals surface area (Å²) in [4.78, 5) is 10.7. The Kier molecular flexibility index (Phi) is 4.07. The molecular formula is C13H15NO2. The molecule has 1 aromatic carbocycles. The van der Waals surface area contributed by atoms with E-state index in [1.807, 2.05) is 26.0 Å². The van der Waals surface area contributed by atoms with Gasteiger partial charge in [-0.3, -0.25) is 0 Å². The van der Waals surface area contributed by atoms with Gasteiger partial charge in [0.25, 0.3) is 0 Å². The zero-order chi connectivity index (χ0) is 12.1. The van der Waals surface area contributed by atoms with E-state index in [1.165, 1.54) is 0 Å². The lowest BCUT2D eigenvalue weighted by atomic mass is 9.94. The molecule has 16 heavy (non-hydrogen) atoms. The number of ether oxygens (including phenoxy) is 1. The molecule has 0 heterocycles. The Labute approximate surface area is 95.7 Å². The van der Waals surface area contributed by atoms with Crippen molar-refractivity contribution in [1.82, 2.24) is 0 Å². The number of hydrogen-bond donors (Lipinski definition) is 0. The zero-order valence-corrected chi connectivity index (χ0v) is 9.73. The Morgan fingerprint density at radius 1 is 1.44 bits per heavy atom. The van der Waals surface area contributed by atoms with Gasteiger partial charge in [-0.1, -0.05) is 26.0 Å². The maximum absolute atomic E-state index is 10.7. The van der Waals surface area contributed by atoms with Crippen LogP contribution in [-0.2, 0) is 4.79 Å². The van der Waals surface area contributed by atoms with Crippen LogP contribution in [0, 0.1) is 11.3 Å². The molecule has 1 atom stereocenters. The Balaban J connectivity index is 3.22. The molecule has 0 N–H and O–H groups in total. The van der Waals surface area contributed by atoms with Crippen LogP contribution in [0.25, 0.3) is 0 Å². The van der Waals surface area contributed by atoms with Gasteiger partial charge in [0.05, 0.1) is 13.2 Å². The molecule has 0 fully saturated rings. The first-order valence-corrected chi connectivity index (χ1v) is 5.16. The molecule has 0 aliphatic rings. The molecular weight excluding hydrogens is 202 g/mol. The fourth-order valence-electron chi connectivity index (χ4n) is 1.58. The lowest BCUT2D eigenvalue weighted by Gasteiger charge is -2.13. The summed E-state index contributed by atoms with van der Waals surface area (Å²) >= 11 is 0. The summed E-state index contributed by atoms with van der Waals surface area (Å²) in [6.45, 7) is 4.09. The van der Waals surface area contributed by atoms with E-state index >= 15 is 0 Å². The van der Waals surface area contributed by atoms with Crippen LogP contribution in [0.2, 0.25) is 0 Å². The summed E-state index contributed by atoms with van der Waals surface area (Å²) in [6.07, 6.45) is 0.659. The molecule has 1 aromatic rings. The number of carbonyl (C=O) groups is 1. The molecule has 0 radical (unpaired) electrons. The topological polar surface area (TPSA) is 50.1 Å². The van der Waals surface area contributed by atoms with E-state index in [0.29, 0.717) is 12.2 Å². The second-order valence-electron chi connectivity index (χ2n) is 3.90. The van der Waals surface area contributed by atoms with Crippen LogP contribution in [0.15, 0.2) is 18.2 Å². The fraction of sp³-hybridized carbons (Fsp3) is 0.385. The smallest absolute Gasteiger partial charge is 0.141 e. The molecule has 0 bridgehead atoms. The van der Waals surface area contributed by atoms with Crippen LogP contribution in [0.3, 0.4) is 0 Å². The summed E-state index contributed by atoms with van der Waals surface area (Å²) in [5.41, 5.74) is 1.74. The van der Waals surface area contributed by atoms with Crippen LogP contribution in [0.5, 0.6) is 5.75 Å². The van der Waals surface area contributed by atoms with Crippen molar-refractivity contribution in [2.24, 2.45) is 0 Å². The highest BCUT2D eigenvalue weighted by Crippen LogP contribution is 2.29. The molecule has 3 nitrogen and oxygen atoms in total. The number of carbonyl (C=O) groups excluding carboxylic acids is 1. The Morgan fingerprint density at radius 2 is 2.12 bits per heavy atom. The average molecular weight is 217 g/mol. The highest BCUT2D eigenvalue weighted by molar-refractivity contribution is 5.67. The van der Waals surface area contributed by atoms with E-state index in [2.05, 4.69) is 0 Å². The number of rotatable bonds is 4. The lowest BCUT2D eigenvalue weighted by Crippen LogP contribution is -2.01. The minimum Gasteiger partial charge on any atom is -0.496 e. The first kappa shape index (κ1) is 12.3. The predicted molar refractivity (Wildman–Crippen MR) is 61.5 cm³/mol. The molecule has 0 aromatic heterocycles. The van der Waals surface area contributed by atoms with E-state index in [4.69, 9.17) is 10.00 Å². The average Bonchev–Trinajstić information content (AvgIpc) is 2.30. The molecule has 0 amide bonds. The predicted octanol–water partition coefficient (Wildman–Crippen LogP) is 2.62. The number of nitrogens with zero attached hydrogens (tertiary/aromatic N) is 1. The van der Waals surface area contributed by atoms with Crippen molar-refractivity contribution in [3.63, 3.8) is 0 Å². The van der Waals surface area contributed by atoms with Gasteiger partial charge in [0, 0.05) is 0 Å². The van der Waals surface area contributed by atoms with Crippen molar-refractivity contribution in [2.45, 2.75) is 25.7 Å². The van der Waals surface area contributed by atoms with E-state index in [-0.39, 0.29) is 0 Å². The van der Waals surface area contributed by atoms with Crippen LogP contribution in [0.4, 0.5) is 0 Å². The Bertz CT molecular complexity index is 418. The first-order valence-electron chi connectivity index (χ1n) is 5.16. The van der Waals surface area contributed by atoms with Gasteiger partial charge in [0.15, 0.2) is 0 Å². The molecule has 0 aliphatic carbocycles. The van der Waals surface area contributed by atoms with Gasteiger partial charge in [-0.25, -0.2) is 0 Å². The molecule has 1 unspecified atom stereocenters. The minimum absolute atomic E-state index is 0.292. The molecule has 84 valence electrons. The van der Waals surface area contributed by atoms with Crippen molar-refractivity contribution in [1.29, 1.82) is 5.26 Å². The van der Waals surface area contributed by atoms with Crippen LogP contribution < -0.4 is 4.74 Å². The number of aldehydes is 1. The molecule has 0 aliphatic heterocycles. The maximum Gasteiger partial charge on any atom is 0.141 e. The van der Waals surface area contributed by atoms with E-state index in [9.17, 15) is 4.79 Å². The Hall–Kier alpha value is -1.82. The normalized spacial score (nSPS) is 11.9. The number of hydrogen-bond acceptors (Lipinski definition) is 3. The molecule has 0 saturated heterocycles. The largest absolute Gasteiger partial charge is 0.496 e. The Morgan fingerprint density at radius 3 is 2.56 bits per heavy atom. The molecule has 0 saturated carbocycles. The highest BCUT2D eigenvalue weighted by Gasteiger charge is 2.13. The minimum atomic E-state index is -0.691. The SMILES string of the molecule is COc1ccc(C(C#N)C=O)cc1C(C)C. The highest BCUT2D eigenvalue weighted by atomic mass is 16.5. The van der Waals surface area contributed by atoms with Crippen molar-refractivity contribution in [3.05, 3.63) is 29.3 Å². The van der Waals surface area contributed by atoms with Gasteiger partial charge in [-0.15, -0.1) is 0 Å². The van der Waals surface area contributed by atoms with Crippen molar-refractivity contribution < 1.29 is 9.53 Å². The zero-order valence-electron chi connectivity index (χ0n) is 9.73. The van der Waals surface area contributed by atoms with Crippen molar-refractivity contribution in [3.8, 4) is 11.8 Å². The number of nitriles is 1. The van der Waals surface area contributed by atoms with Gasteiger partial charge in [0.2, 0.25) is 0 Å². The van der Waals surface area contributed by atoms with Gasteiger partial charge < -0.3 is 9.53 Å². The van der Waals surface area contributed by atoms with Crippen LogP contribution in [0.1, 0.15) is 36.8 Å². The standard InChI is InChI=1S/C13H15NO2/c1-9(2)12-6-10(11(7-14)8-15)4-5-13(12)16-3/h4-6,8-9,11H,1-3H3. The lowest BCUT2D eigenvalue weighted by molar-refractivity contribution is -0.108. The van der Waals surface area contributed by atoms with Gasteiger partial charge in [0.1, 0.15) is 18.0 Å². The van der Waals surface area contributed by atoms with Crippen LogP contribution >= 0.6 is 0 Å². The monoisotopic (exact) mass is 217 g/mol. The second-order valence-corrected chi connectivity index (χ2v) is 3.90. The molecule has 1 rings (SSSR count). The summed E-state index contributed by atoms with van der Waals surface area (Å²) in [5, 5.41) is 8.82. The van der Waals surface area contributed by atoms with E-state index < -0.39 is 5.92 Å². The number of benzene rings is 1. The maximum atomic E-state index is 10.7. The number of methoxy groups -OCH3 is 1. The van der Waals surface area contributed by atoms with Gasteiger partial charge in [-0.05, 0) is 23.1 Å². The third-order valence-electron chi connectivity index (χ3n) is 2.51. The summed E-state index contributed by atoms with van der Waals surface area (Å²) in [7, 11) is 1.61. The third kappa shape index (κ3) is 2.40. The summed E-state index contributed by atoms with van der Waals surface area (Å²) in [6, 6.07) is 7.39. The molecule has 0 spiro atoms. The quantitative estimate of drug-likeness (QED) is 0.728.